The molecule has 0 saturated carbocycles. The predicted molar refractivity (Wildman–Crippen MR) is 75.0 cm³/mol. The van der Waals surface area contributed by atoms with E-state index < -0.39 is 0 Å². The summed E-state index contributed by atoms with van der Waals surface area (Å²) in [6, 6.07) is 6.01. The Bertz CT molecular complexity index is 418. The van der Waals surface area contributed by atoms with E-state index >= 15 is 0 Å². The predicted octanol–water partition coefficient (Wildman–Crippen LogP) is 2.79. The maximum absolute atomic E-state index is 11.0. The van der Waals surface area contributed by atoms with Gasteiger partial charge in [-0.1, -0.05) is 6.07 Å². The van der Waals surface area contributed by atoms with Crippen molar-refractivity contribution in [3.63, 3.8) is 0 Å². The molecule has 18 heavy (non-hydrogen) atoms. The smallest absolute Gasteiger partial charge is 0.221 e. The molecule has 4 nitrogen and oxygen atoms in total. The van der Waals surface area contributed by atoms with E-state index in [1.165, 1.54) is 6.92 Å². The van der Waals surface area contributed by atoms with Gasteiger partial charge in [-0.15, -0.1) is 0 Å². The fraction of sp³-hybridized carbons (Fsp3) is 0.500. The van der Waals surface area contributed by atoms with Gasteiger partial charge in [0.1, 0.15) is 0 Å². The molecule has 100 valence electrons. The Balaban J connectivity index is 2.83. The van der Waals surface area contributed by atoms with Crippen LogP contribution in [0.5, 0.6) is 0 Å². The number of hydrogen-bond donors (Lipinski definition) is 2. The molecule has 0 fully saturated rings. The second-order valence-corrected chi connectivity index (χ2v) is 4.58. The first-order valence-electron chi connectivity index (χ1n) is 6.11. The van der Waals surface area contributed by atoms with Crippen LogP contribution in [0.2, 0.25) is 0 Å². The highest BCUT2D eigenvalue weighted by molar-refractivity contribution is 5.89. The molecule has 1 aromatic rings. The average Bonchev–Trinajstić information content (AvgIpc) is 2.31. The number of anilines is 2. The lowest BCUT2D eigenvalue weighted by molar-refractivity contribution is -0.114. The third kappa shape index (κ3) is 4.04. The Labute approximate surface area is 109 Å². The highest BCUT2D eigenvalue weighted by atomic mass is 16.5. The Hall–Kier alpha value is -1.55. The molecule has 0 spiro atoms. The average molecular weight is 250 g/mol. The number of hydrogen-bond acceptors (Lipinski definition) is 3. The fourth-order valence-electron chi connectivity index (χ4n) is 1.63. The van der Waals surface area contributed by atoms with E-state index in [0.29, 0.717) is 0 Å². The van der Waals surface area contributed by atoms with Crippen molar-refractivity contribution in [3.05, 3.63) is 23.8 Å². The molecule has 0 heterocycles. The van der Waals surface area contributed by atoms with Crippen molar-refractivity contribution in [1.82, 2.24) is 0 Å². The lowest BCUT2D eigenvalue weighted by Gasteiger charge is -2.22. The van der Waals surface area contributed by atoms with Gasteiger partial charge in [-0.2, -0.15) is 0 Å². The van der Waals surface area contributed by atoms with Crippen LogP contribution in [0.15, 0.2) is 18.2 Å². The van der Waals surface area contributed by atoms with Gasteiger partial charge in [0.25, 0.3) is 0 Å². The van der Waals surface area contributed by atoms with E-state index in [1.54, 1.807) is 7.11 Å². The van der Waals surface area contributed by atoms with Gasteiger partial charge < -0.3 is 15.4 Å². The molecular weight excluding hydrogens is 228 g/mol. The van der Waals surface area contributed by atoms with Gasteiger partial charge >= 0.3 is 0 Å². The maximum atomic E-state index is 11.0. The zero-order valence-electron chi connectivity index (χ0n) is 11.7. The van der Waals surface area contributed by atoms with E-state index in [4.69, 9.17) is 4.74 Å². The summed E-state index contributed by atoms with van der Waals surface area (Å²) in [5.74, 6) is -0.0666. The number of nitrogens with one attached hydrogen (secondary N) is 2. The van der Waals surface area contributed by atoms with E-state index in [-0.39, 0.29) is 18.1 Å². The van der Waals surface area contributed by atoms with Crippen molar-refractivity contribution >= 4 is 17.3 Å². The number of carbonyl (C=O) groups excluding carboxylic acids is 1. The van der Waals surface area contributed by atoms with Gasteiger partial charge in [-0.05, 0) is 38.5 Å². The number of rotatable bonds is 5. The number of carbonyl (C=O) groups is 1. The topological polar surface area (TPSA) is 50.4 Å². The van der Waals surface area contributed by atoms with Crippen LogP contribution in [0.1, 0.15) is 26.3 Å². The molecule has 2 N–H and O–H groups in total. The molecule has 2 atom stereocenters. The molecular formula is C14H22N2O2. The molecule has 2 unspecified atom stereocenters. The van der Waals surface area contributed by atoms with Crippen LogP contribution in [-0.2, 0) is 9.53 Å². The first kappa shape index (κ1) is 14.5. The van der Waals surface area contributed by atoms with E-state index in [2.05, 4.69) is 17.6 Å². The van der Waals surface area contributed by atoms with Gasteiger partial charge in [0.15, 0.2) is 0 Å². The summed E-state index contributed by atoms with van der Waals surface area (Å²) in [6.45, 7) is 7.62. The zero-order chi connectivity index (χ0) is 13.7. The van der Waals surface area contributed by atoms with Crippen LogP contribution >= 0.6 is 0 Å². The second-order valence-electron chi connectivity index (χ2n) is 4.58. The van der Waals surface area contributed by atoms with Gasteiger partial charge in [-0.25, -0.2) is 0 Å². The van der Waals surface area contributed by atoms with Crippen molar-refractivity contribution in [2.45, 2.75) is 39.8 Å². The van der Waals surface area contributed by atoms with Gasteiger partial charge in [-0.3, -0.25) is 4.79 Å². The molecule has 1 aromatic carbocycles. The maximum Gasteiger partial charge on any atom is 0.221 e. The third-order valence-electron chi connectivity index (χ3n) is 3.02. The second kappa shape index (κ2) is 6.40. The Kier molecular flexibility index (Phi) is 5.16. The fourth-order valence-corrected chi connectivity index (χ4v) is 1.63. The summed E-state index contributed by atoms with van der Waals surface area (Å²) in [5, 5.41) is 6.18. The highest BCUT2D eigenvalue weighted by Crippen LogP contribution is 2.21. The molecule has 1 rings (SSSR count). The molecule has 0 aliphatic carbocycles. The van der Waals surface area contributed by atoms with Crippen LogP contribution in [0.3, 0.4) is 0 Å². The monoisotopic (exact) mass is 250 g/mol. The molecule has 1 amide bonds. The molecule has 4 heteroatoms. The van der Waals surface area contributed by atoms with Crippen LogP contribution in [0.25, 0.3) is 0 Å². The SMILES string of the molecule is COC(C)C(C)Nc1cc(NC(C)=O)ccc1C. The number of methoxy groups -OCH3 is 1. The first-order chi connectivity index (χ1) is 8.43. The summed E-state index contributed by atoms with van der Waals surface area (Å²) in [4.78, 5) is 11.0. The minimum atomic E-state index is -0.0666. The Morgan fingerprint density at radius 2 is 2.00 bits per heavy atom. The molecule has 0 aliphatic rings. The summed E-state index contributed by atoms with van der Waals surface area (Å²) in [6.07, 6.45) is 0.119. The quantitative estimate of drug-likeness (QED) is 0.845. The van der Waals surface area contributed by atoms with Crippen LogP contribution in [0.4, 0.5) is 11.4 Å². The lowest BCUT2D eigenvalue weighted by Crippen LogP contribution is -2.30. The third-order valence-corrected chi connectivity index (χ3v) is 3.02. The summed E-state index contributed by atoms with van der Waals surface area (Å²) in [5.41, 5.74) is 2.95. The van der Waals surface area contributed by atoms with E-state index in [9.17, 15) is 4.79 Å². The number of benzene rings is 1. The Morgan fingerprint density at radius 3 is 2.56 bits per heavy atom. The van der Waals surface area contributed by atoms with Gasteiger partial charge in [0.05, 0.1) is 6.10 Å². The standard InChI is InChI=1S/C14H22N2O2/c1-9-6-7-13(16-12(4)17)8-14(9)15-10(2)11(3)18-5/h6-8,10-11,15H,1-5H3,(H,16,17). The molecule has 0 aromatic heterocycles. The van der Waals surface area contributed by atoms with Crippen molar-refractivity contribution in [2.75, 3.05) is 17.7 Å². The number of amides is 1. The molecule has 0 saturated heterocycles. The van der Waals surface area contributed by atoms with Crippen molar-refractivity contribution in [1.29, 1.82) is 0 Å². The lowest BCUT2D eigenvalue weighted by atomic mass is 10.1. The van der Waals surface area contributed by atoms with Crippen molar-refractivity contribution in [2.24, 2.45) is 0 Å². The van der Waals surface area contributed by atoms with Crippen molar-refractivity contribution < 1.29 is 9.53 Å². The van der Waals surface area contributed by atoms with Crippen molar-refractivity contribution in [3.8, 4) is 0 Å². The zero-order valence-corrected chi connectivity index (χ0v) is 11.7. The molecule has 0 bridgehead atoms. The first-order valence-corrected chi connectivity index (χ1v) is 6.11. The molecule has 0 radical (unpaired) electrons. The van der Waals surface area contributed by atoms with Crippen LogP contribution in [0, 0.1) is 6.92 Å². The normalized spacial score (nSPS) is 13.8. The van der Waals surface area contributed by atoms with E-state index in [1.807, 2.05) is 32.0 Å². The largest absolute Gasteiger partial charge is 0.380 e. The van der Waals surface area contributed by atoms with E-state index in [0.717, 1.165) is 16.9 Å². The summed E-state index contributed by atoms with van der Waals surface area (Å²) < 4.78 is 5.29. The number of ether oxygens (including phenoxy) is 1. The minimum absolute atomic E-state index is 0.0666. The van der Waals surface area contributed by atoms with Crippen LogP contribution in [-0.4, -0.2) is 25.2 Å². The Morgan fingerprint density at radius 1 is 1.33 bits per heavy atom. The van der Waals surface area contributed by atoms with Crippen LogP contribution < -0.4 is 10.6 Å². The highest BCUT2D eigenvalue weighted by Gasteiger charge is 2.12. The number of aryl methyl sites for hydroxylation is 1. The summed E-state index contributed by atoms with van der Waals surface area (Å²) >= 11 is 0. The van der Waals surface area contributed by atoms with Gasteiger partial charge in [0.2, 0.25) is 5.91 Å². The molecule has 0 aliphatic heterocycles. The van der Waals surface area contributed by atoms with Gasteiger partial charge in [0, 0.05) is 31.5 Å². The summed E-state index contributed by atoms with van der Waals surface area (Å²) in [7, 11) is 1.70. The minimum Gasteiger partial charge on any atom is -0.380 e.